The molecule has 0 saturated heterocycles. The van der Waals surface area contributed by atoms with Gasteiger partial charge in [-0.3, -0.25) is 5.73 Å². The highest BCUT2D eigenvalue weighted by atomic mass is 35.5. The fraction of sp³-hybridized carbons (Fsp3) is 0.750. The van der Waals surface area contributed by atoms with Crippen molar-refractivity contribution < 1.29 is 19.4 Å². The molecular formula is C8H15ClN2O4. The summed E-state index contributed by atoms with van der Waals surface area (Å²) in [6.07, 6.45) is 1.12. The zero-order chi connectivity index (χ0) is 11.4. The van der Waals surface area contributed by atoms with E-state index in [4.69, 9.17) is 15.6 Å². The highest BCUT2D eigenvalue weighted by Crippen LogP contribution is 2.12. The van der Waals surface area contributed by atoms with Crippen molar-refractivity contribution in [3.63, 3.8) is 0 Å². The molecule has 0 saturated carbocycles. The van der Waals surface area contributed by atoms with E-state index in [-0.39, 0.29) is 19.0 Å². The van der Waals surface area contributed by atoms with Gasteiger partial charge in [-0.05, 0) is 20.8 Å². The summed E-state index contributed by atoms with van der Waals surface area (Å²) in [5.41, 5.74) is 2.72. The Morgan fingerprint density at radius 3 is 2.27 bits per heavy atom. The summed E-state index contributed by atoms with van der Waals surface area (Å²) in [4.78, 5) is 23.6. The zero-order valence-electron chi connectivity index (χ0n) is 8.81. The third-order valence-electron chi connectivity index (χ3n) is 1.34. The summed E-state index contributed by atoms with van der Waals surface area (Å²) < 4.78 is 5.13. The van der Waals surface area contributed by atoms with Crippen LogP contribution < -0.4 is 5.73 Å². The zero-order valence-corrected chi connectivity index (χ0v) is 9.63. The van der Waals surface area contributed by atoms with E-state index >= 15 is 0 Å². The maximum Gasteiger partial charge on any atom is 0.349 e. The lowest BCUT2D eigenvalue weighted by molar-refractivity contribution is -0.147. The van der Waals surface area contributed by atoms with Crippen LogP contribution in [0.25, 0.3) is 0 Å². The lowest BCUT2D eigenvalue weighted by atomic mass is 10.1. The van der Waals surface area contributed by atoms with E-state index in [1.165, 1.54) is 0 Å². The van der Waals surface area contributed by atoms with Gasteiger partial charge < -0.3 is 9.84 Å². The van der Waals surface area contributed by atoms with E-state index in [2.05, 4.69) is 4.99 Å². The molecule has 15 heavy (non-hydrogen) atoms. The van der Waals surface area contributed by atoms with E-state index < -0.39 is 17.2 Å². The van der Waals surface area contributed by atoms with Crippen LogP contribution in [0.1, 0.15) is 20.8 Å². The molecule has 0 rings (SSSR count). The van der Waals surface area contributed by atoms with E-state index in [1.807, 2.05) is 0 Å². The van der Waals surface area contributed by atoms with Crippen LogP contribution in [0.2, 0.25) is 0 Å². The quantitative estimate of drug-likeness (QED) is 0.542. The number of nitrogens with two attached hydrogens (primary N) is 1. The molecule has 88 valence electrons. The molecular weight excluding hydrogens is 224 g/mol. The Labute approximate surface area is 93.9 Å². The van der Waals surface area contributed by atoms with E-state index in [0.717, 1.165) is 6.08 Å². The lowest BCUT2D eigenvalue weighted by Gasteiger charge is -2.25. The van der Waals surface area contributed by atoms with Crippen LogP contribution in [-0.4, -0.2) is 35.0 Å². The van der Waals surface area contributed by atoms with Gasteiger partial charge in [0.1, 0.15) is 0 Å². The Hall–Kier alpha value is -0.940. The van der Waals surface area contributed by atoms with Crippen LogP contribution in [-0.2, 0) is 14.3 Å². The molecule has 7 heteroatoms. The predicted molar refractivity (Wildman–Crippen MR) is 55.6 cm³/mol. The van der Waals surface area contributed by atoms with Crippen molar-refractivity contribution in [2.45, 2.75) is 32.0 Å². The number of nitrogens with zero attached hydrogens (tertiary/aromatic N) is 1. The largest absolute Gasteiger partial charge is 0.478 e. The first-order valence-corrected chi connectivity index (χ1v) is 3.96. The minimum Gasteiger partial charge on any atom is -0.478 e. The Morgan fingerprint density at radius 1 is 1.53 bits per heavy atom. The lowest BCUT2D eigenvalue weighted by Crippen LogP contribution is -2.51. The monoisotopic (exact) mass is 238 g/mol. The van der Waals surface area contributed by atoms with Crippen molar-refractivity contribution >= 4 is 24.5 Å². The molecule has 0 aromatic carbocycles. The van der Waals surface area contributed by atoms with Gasteiger partial charge in [0, 0.05) is 0 Å². The summed E-state index contributed by atoms with van der Waals surface area (Å²) in [6.45, 7) is 4.83. The number of rotatable bonds is 4. The molecule has 3 N–H and O–H groups in total. The van der Waals surface area contributed by atoms with Crippen LogP contribution in [0.4, 0.5) is 0 Å². The van der Waals surface area contributed by atoms with Crippen LogP contribution in [0.3, 0.4) is 0 Å². The first-order valence-electron chi connectivity index (χ1n) is 3.96. The van der Waals surface area contributed by atoms with E-state index in [0.29, 0.717) is 0 Å². The fourth-order valence-electron chi connectivity index (χ4n) is 0.550. The second-order valence-electron chi connectivity index (χ2n) is 3.83. The number of aliphatic carboxylic acids is 1. The third-order valence-corrected chi connectivity index (χ3v) is 1.34. The molecule has 0 heterocycles. The maximum absolute atomic E-state index is 10.7. The number of halogens is 1. The van der Waals surface area contributed by atoms with Crippen LogP contribution in [0, 0.1) is 0 Å². The number of aliphatic imine (C=N–C) groups is 1. The summed E-state index contributed by atoms with van der Waals surface area (Å²) in [5, 5.41) is 8.68. The van der Waals surface area contributed by atoms with Gasteiger partial charge in [-0.25, -0.2) is 9.59 Å². The Bertz CT molecular complexity index is 266. The minimum atomic E-state index is -2.05. The summed E-state index contributed by atoms with van der Waals surface area (Å²) in [5.74, 6) is -1.43. The number of carbonyl (C=O) groups is 1. The molecule has 0 amide bonds. The summed E-state index contributed by atoms with van der Waals surface area (Å²) in [7, 11) is 0. The third kappa shape index (κ3) is 6.19. The van der Waals surface area contributed by atoms with Crippen molar-refractivity contribution in [3.05, 3.63) is 0 Å². The van der Waals surface area contributed by atoms with Gasteiger partial charge in [0.25, 0.3) is 0 Å². The Balaban J connectivity index is 0. The predicted octanol–water partition coefficient (Wildman–Crippen LogP) is 0.299. The molecule has 0 aromatic heterocycles. The highest BCUT2D eigenvalue weighted by molar-refractivity contribution is 5.85. The average Bonchev–Trinajstić information content (AvgIpc) is 2.00. The Morgan fingerprint density at radius 2 is 2.00 bits per heavy atom. The molecule has 0 fully saturated rings. The van der Waals surface area contributed by atoms with Gasteiger partial charge in [0.15, 0.2) is 0 Å². The SMILES string of the molecule is CC(C)(C)OC[C@@](N)(N=C=O)C(=O)O.Cl. The second kappa shape index (κ2) is 5.82. The molecule has 0 aliphatic heterocycles. The van der Waals surface area contributed by atoms with Gasteiger partial charge in [-0.1, -0.05) is 0 Å². The van der Waals surface area contributed by atoms with Crippen LogP contribution in [0.15, 0.2) is 4.99 Å². The van der Waals surface area contributed by atoms with E-state index in [1.54, 1.807) is 20.8 Å². The van der Waals surface area contributed by atoms with Gasteiger partial charge in [-0.15, -0.1) is 12.4 Å². The van der Waals surface area contributed by atoms with Crippen molar-refractivity contribution in [3.8, 4) is 0 Å². The Kier molecular flexibility index (Phi) is 6.40. The number of carbonyl (C=O) groups excluding carboxylic acids is 1. The molecule has 0 aromatic rings. The topological polar surface area (TPSA) is 102 Å². The van der Waals surface area contributed by atoms with E-state index in [9.17, 15) is 9.59 Å². The minimum absolute atomic E-state index is 0. The summed E-state index contributed by atoms with van der Waals surface area (Å²) >= 11 is 0. The highest BCUT2D eigenvalue weighted by Gasteiger charge is 2.35. The number of ether oxygens (including phenoxy) is 1. The molecule has 6 nitrogen and oxygen atoms in total. The summed E-state index contributed by atoms with van der Waals surface area (Å²) in [6, 6.07) is 0. The molecule has 0 bridgehead atoms. The standard InChI is InChI=1S/C8H14N2O4.ClH/c1-7(2,3)14-4-8(9,6(12)13)10-5-11;/h4,9H2,1-3H3,(H,12,13);1H/t8-;/m1./s1. The molecule has 0 spiro atoms. The first-order chi connectivity index (χ1) is 6.21. The normalized spacial score (nSPS) is 14.4. The first kappa shape index (κ1) is 16.5. The van der Waals surface area contributed by atoms with Crippen molar-refractivity contribution in [2.24, 2.45) is 10.7 Å². The molecule has 0 aliphatic carbocycles. The number of hydrogen-bond acceptors (Lipinski definition) is 5. The number of carboxylic acids is 1. The number of hydrogen-bond donors (Lipinski definition) is 2. The van der Waals surface area contributed by atoms with Crippen molar-refractivity contribution in [1.29, 1.82) is 0 Å². The maximum atomic E-state index is 10.7. The smallest absolute Gasteiger partial charge is 0.349 e. The van der Waals surface area contributed by atoms with Crippen LogP contribution >= 0.6 is 12.4 Å². The van der Waals surface area contributed by atoms with Gasteiger partial charge in [0.2, 0.25) is 11.7 Å². The molecule has 0 unspecified atom stereocenters. The van der Waals surface area contributed by atoms with Gasteiger partial charge >= 0.3 is 5.97 Å². The molecule has 1 atom stereocenters. The molecule has 0 radical (unpaired) electrons. The van der Waals surface area contributed by atoms with Gasteiger partial charge in [-0.2, -0.15) is 4.99 Å². The fourth-order valence-corrected chi connectivity index (χ4v) is 0.550. The van der Waals surface area contributed by atoms with Crippen LogP contribution in [0.5, 0.6) is 0 Å². The second-order valence-corrected chi connectivity index (χ2v) is 3.83. The van der Waals surface area contributed by atoms with Gasteiger partial charge in [0.05, 0.1) is 12.2 Å². The number of carboxylic acid groups (broad SMARTS) is 1. The van der Waals surface area contributed by atoms with Crippen molar-refractivity contribution in [1.82, 2.24) is 0 Å². The molecule has 0 aliphatic rings. The van der Waals surface area contributed by atoms with Crippen molar-refractivity contribution in [2.75, 3.05) is 6.61 Å². The number of isocyanates is 1. The average molecular weight is 239 g/mol.